The van der Waals surface area contributed by atoms with Crippen LogP contribution >= 0.6 is 22.9 Å². The fraction of sp³-hybridized carbons (Fsp3) is 0.333. The van der Waals surface area contributed by atoms with Gasteiger partial charge < -0.3 is 14.5 Å². The summed E-state index contributed by atoms with van der Waals surface area (Å²) < 4.78 is 11.1. The molecule has 0 atom stereocenters. The van der Waals surface area contributed by atoms with Gasteiger partial charge in [0.25, 0.3) is 5.91 Å². The first-order chi connectivity index (χ1) is 13.6. The summed E-state index contributed by atoms with van der Waals surface area (Å²) >= 11 is 7.61. The van der Waals surface area contributed by atoms with Crippen LogP contribution in [0.5, 0.6) is 0 Å². The Kier molecular flexibility index (Phi) is 5.53. The molecule has 1 aliphatic heterocycles. The molecule has 3 aromatic rings. The van der Waals surface area contributed by atoms with Crippen molar-refractivity contribution in [3.63, 3.8) is 0 Å². The lowest BCUT2D eigenvalue weighted by Gasteiger charge is -2.38. The van der Waals surface area contributed by atoms with Crippen molar-refractivity contribution in [2.24, 2.45) is 0 Å². The number of aryl methyl sites for hydroxylation is 1. The van der Waals surface area contributed by atoms with E-state index in [-0.39, 0.29) is 11.3 Å². The van der Waals surface area contributed by atoms with Crippen molar-refractivity contribution in [3.8, 4) is 10.8 Å². The molecule has 0 spiro atoms. The van der Waals surface area contributed by atoms with Crippen molar-refractivity contribution in [1.82, 2.24) is 10.3 Å². The molecule has 1 aliphatic rings. The minimum atomic E-state index is -0.185. The number of carbonyl (C=O) groups excluding carboxylic acids is 1. The Balaban J connectivity index is 1.50. The summed E-state index contributed by atoms with van der Waals surface area (Å²) in [4.78, 5) is 17.2. The number of thiazole rings is 1. The lowest BCUT2D eigenvalue weighted by atomic mass is 9.74. The topological polar surface area (TPSA) is 64.4 Å². The van der Waals surface area contributed by atoms with Gasteiger partial charge in [-0.1, -0.05) is 23.7 Å². The first kappa shape index (κ1) is 19.2. The Hall–Kier alpha value is -2.15. The Labute approximate surface area is 172 Å². The third kappa shape index (κ3) is 3.99. The second-order valence-corrected chi connectivity index (χ2v) is 8.33. The van der Waals surface area contributed by atoms with Crippen LogP contribution in [0, 0.1) is 6.92 Å². The molecule has 1 N–H and O–H groups in total. The van der Waals surface area contributed by atoms with Crippen molar-refractivity contribution in [2.75, 3.05) is 19.8 Å². The Morgan fingerprint density at radius 3 is 2.82 bits per heavy atom. The number of carbonyl (C=O) groups is 1. The number of furan rings is 1. The number of ether oxygens (including phenoxy) is 1. The van der Waals surface area contributed by atoms with Gasteiger partial charge in [-0.2, -0.15) is 0 Å². The summed E-state index contributed by atoms with van der Waals surface area (Å²) in [6.07, 6.45) is 1.67. The summed E-state index contributed by atoms with van der Waals surface area (Å²) in [7, 11) is 0. The van der Waals surface area contributed by atoms with Crippen molar-refractivity contribution >= 4 is 28.8 Å². The average molecular weight is 417 g/mol. The minimum absolute atomic E-state index is 0.182. The molecule has 146 valence electrons. The Bertz CT molecular complexity index is 975. The minimum Gasteiger partial charge on any atom is -0.459 e. The summed E-state index contributed by atoms with van der Waals surface area (Å²) in [6, 6.07) is 11.6. The van der Waals surface area contributed by atoms with E-state index in [4.69, 9.17) is 20.8 Å². The van der Waals surface area contributed by atoms with Crippen molar-refractivity contribution < 1.29 is 13.9 Å². The first-order valence-electron chi connectivity index (χ1n) is 9.20. The second kappa shape index (κ2) is 8.07. The number of halogens is 1. The van der Waals surface area contributed by atoms with Crippen LogP contribution < -0.4 is 5.32 Å². The Morgan fingerprint density at radius 2 is 2.11 bits per heavy atom. The molecule has 1 aromatic carbocycles. The molecule has 5 nitrogen and oxygen atoms in total. The summed E-state index contributed by atoms with van der Waals surface area (Å²) in [5, 5.41) is 6.24. The number of aromatic nitrogens is 1. The molecule has 28 heavy (non-hydrogen) atoms. The molecular formula is C21H21ClN2O3S. The number of amides is 1. The van der Waals surface area contributed by atoms with E-state index in [0.717, 1.165) is 24.2 Å². The number of nitrogens with one attached hydrogen (secondary N) is 1. The summed E-state index contributed by atoms with van der Waals surface area (Å²) in [5.74, 6) is 1.32. The highest BCUT2D eigenvalue weighted by atomic mass is 35.5. The quantitative estimate of drug-likeness (QED) is 0.646. The second-order valence-electron chi connectivity index (χ2n) is 7.03. The van der Waals surface area contributed by atoms with Crippen molar-refractivity contribution in [3.05, 3.63) is 63.8 Å². The van der Waals surface area contributed by atoms with E-state index in [1.165, 1.54) is 11.3 Å². The molecule has 0 aliphatic carbocycles. The standard InChI is InChI=1S/C21H21ClN2O3S/c1-14-5-6-18(27-14)20-24-17(12-28-20)19(25)23-13-21(7-9-26-10-8-21)15-3-2-4-16(22)11-15/h2-6,11-12H,7-10,13H2,1H3,(H,23,25). The Morgan fingerprint density at radius 1 is 1.29 bits per heavy atom. The molecule has 1 saturated heterocycles. The monoisotopic (exact) mass is 416 g/mol. The highest BCUT2D eigenvalue weighted by Crippen LogP contribution is 2.35. The molecule has 0 unspecified atom stereocenters. The highest BCUT2D eigenvalue weighted by molar-refractivity contribution is 7.13. The molecule has 0 bridgehead atoms. The molecule has 2 aromatic heterocycles. The van der Waals surface area contributed by atoms with Crippen LogP contribution in [0.4, 0.5) is 0 Å². The fourth-order valence-corrected chi connectivity index (χ4v) is 4.48. The summed E-state index contributed by atoms with van der Waals surface area (Å²) in [5.41, 5.74) is 1.35. The van der Waals surface area contributed by atoms with Crippen molar-refractivity contribution in [1.29, 1.82) is 0 Å². The number of rotatable bonds is 5. The third-order valence-corrected chi connectivity index (χ3v) is 6.25. The normalized spacial score (nSPS) is 16.1. The molecule has 1 amide bonds. The van der Waals surface area contributed by atoms with Gasteiger partial charge in [0.15, 0.2) is 10.8 Å². The van der Waals surface area contributed by atoms with Gasteiger partial charge in [0.05, 0.1) is 0 Å². The van der Waals surface area contributed by atoms with Gasteiger partial charge in [0.1, 0.15) is 11.5 Å². The van der Waals surface area contributed by atoms with E-state index in [1.807, 2.05) is 37.3 Å². The summed E-state index contributed by atoms with van der Waals surface area (Å²) in [6.45, 7) is 3.73. The van der Waals surface area contributed by atoms with E-state index in [2.05, 4.69) is 16.4 Å². The highest BCUT2D eigenvalue weighted by Gasteiger charge is 2.35. The van der Waals surface area contributed by atoms with Crippen LogP contribution in [-0.4, -0.2) is 30.6 Å². The van der Waals surface area contributed by atoms with Gasteiger partial charge in [0.2, 0.25) is 0 Å². The largest absolute Gasteiger partial charge is 0.459 e. The van der Waals surface area contributed by atoms with E-state index >= 15 is 0 Å². The molecular weight excluding hydrogens is 396 g/mol. The predicted octanol–water partition coefficient (Wildman–Crippen LogP) is 4.84. The van der Waals surface area contributed by atoms with Crippen LogP contribution in [0.1, 0.15) is 34.7 Å². The zero-order chi connectivity index (χ0) is 19.6. The third-order valence-electron chi connectivity index (χ3n) is 5.16. The van der Waals surface area contributed by atoms with Crippen LogP contribution in [-0.2, 0) is 10.2 Å². The van der Waals surface area contributed by atoms with Gasteiger partial charge in [-0.3, -0.25) is 4.79 Å². The fourth-order valence-electron chi connectivity index (χ4n) is 3.53. The number of nitrogens with zero attached hydrogens (tertiary/aromatic N) is 1. The van der Waals surface area contributed by atoms with Crippen molar-refractivity contribution in [2.45, 2.75) is 25.2 Å². The SMILES string of the molecule is Cc1ccc(-c2nc(C(=O)NCC3(c4cccc(Cl)c4)CCOCC3)cs2)o1. The molecule has 0 saturated carbocycles. The van der Waals surface area contributed by atoms with E-state index < -0.39 is 0 Å². The average Bonchev–Trinajstić information content (AvgIpc) is 3.36. The van der Waals surface area contributed by atoms with E-state index in [1.54, 1.807) is 5.38 Å². The van der Waals surface area contributed by atoms with Gasteiger partial charge in [-0.25, -0.2) is 4.98 Å². The van der Waals surface area contributed by atoms with Gasteiger partial charge in [-0.05, 0) is 49.6 Å². The van der Waals surface area contributed by atoms with Crippen LogP contribution in [0.25, 0.3) is 10.8 Å². The van der Waals surface area contributed by atoms with Gasteiger partial charge >= 0.3 is 0 Å². The molecule has 7 heteroatoms. The lowest BCUT2D eigenvalue weighted by molar-refractivity contribution is 0.0487. The van der Waals surface area contributed by atoms with E-state index in [0.29, 0.717) is 41.2 Å². The smallest absolute Gasteiger partial charge is 0.270 e. The van der Waals surface area contributed by atoms with Crippen LogP contribution in [0.2, 0.25) is 5.02 Å². The van der Waals surface area contributed by atoms with E-state index in [9.17, 15) is 4.79 Å². The van der Waals surface area contributed by atoms with Crippen LogP contribution in [0.15, 0.2) is 46.2 Å². The van der Waals surface area contributed by atoms with Gasteiger partial charge in [0, 0.05) is 35.6 Å². The molecule has 4 rings (SSSR count). The number of hydrogen-bond acceptors (Lipinski definition) is 5. The van der Waals surface area contributed by atoms with Crippen LogP contribution in [0.3, 0.4) is 0 Å². The zero-order valence-corrected chi connectivity index (χ0v) is 17.1. The first-order valence-corrected chi connectivity index (χ1v) is 10.5. The maximum absolute atomic E-state index is 12.7. The molecule has 0 radical (unpaired) electrons. The lowest BCUT2D eigenvalue weighted by Crippen LogP contribution is -2.44. The maximum Gasteiger partial charge on any atom is 0.270 e. The molecule has 3 heterocycles. The maximum atomic E-state index is 12.7. The number of benzene rings is 1. The predicted molar refractivity (Wildman–Crippen MR) is 110 cm³/mol. The number of hydrogen-bond donors (Lipinski definition) is 1. The van der Waals surface area contributed by atoms with Gasteiger partial charge in [-0.15, -0.1) is 11.3 Å². The molecule has 1 fully saturated rings. The zero-order valence-electron chi connectivity index (χ0n) is 15.5.